The Hall–Kier alpha value is -0.900. The molecule has 0 aliphatic carbocycles. The second kappa shape index (κ2) is 6.47. The summed E-state index contributed by atoms with van der Waals surface area (Å²) < 4.78 is 0. The summed E-state index contributed by atoms with van der Waals surface area (Å²) in [5, 5.41) is 0. The number of benzene rings is 1. The molecule has 3 atom stereocenters. The van der Waals surface area contributed by atoms with Gasteiger partial charge in [0, 0.05) is 31.2 Å². The van der Waals surface area contributed by atoms with Crippen molar-refractivity contribution >= 4 is 0 Å². The molecule has 0 saturated carbocycles. The van der Waals surface area contributed by atoms with Crippen LogP contribution in [-0.4, -0.2) is 48.6 Å². The summed E-state index contributed by atoms with van der Waals surface area (Å²) in [7, 11) is 2.30. The van der Waals surface area contributed by atoms with Crippen molar-refractivity contribution in [3.8, 4) is 0 Å². The Morgan fingerprint density at radius 1 is 1.14 bits per heavy atom. The summed E-state index contributed by atoms with van der Waals surface area (Å²) in [4.78, 5) is 5.18. The van der Waals surface area contributed by atoms with Crippen LogP contribution in [0.5, 0.6) is 0 Å². The monoisotopic (exact) mass is 287 g/mol. The van der Waals surface area contributed by atoms with E-state index in [0.717, 1.165) is 25.0 Å². The van der Waals surface area contributed by atoms with Crippen molar-refractivity contribution in [2.75, 3.05) is 26.7 Å². The molecule has 1 aromatic rings. The highest BCUT2D eigenvalue weighted by atomic mass is 15.3. The first kappa shape index (κ1) is 15.0. The second-order valence-corrected chi connectivity index (χ2v) is 6.80. The van der Waals surface area contributed by atoms with E-state index in [1.165, 1.54) is 43.5 Å². The number of hydrogen-bond acceptors (Lipinski definition) is 3. The van der Waals surface area contributed by atoms with E-state index in [9.17, 15) is 0 Å². The molecule has 1 aromatic carbocycles. The SMILES string of the molecule is CCc1ccc(C(N)CN2CCC3CCC(C2)N3C)cc1. The summed E-state index contributed by atoms with van der Waals surface area (Å²) in [5.41, 5.74) is 9.11. The van der Waals surface area contributed by atoms with Crippen LogP contribution in [0.1, 0.15) is 43.4 Å². The van der Waals surface area contributed by atoms with Crippen molar-refractivity contribution in [3.05, 3.63) is 35.4 Å². The fraction of sp³-hybridized carbons (Fsp3) is 0.667. The number of rotatable bonds is 4. The Labute approximate surface area is 129 Å². The van der Waals surface area contributed by atoms with Gasteiger partial charge >= 0.3 is 0 Å². The summed E-state index contributed by atoms with van der Waals surface area (Å²) in [5.74, 6) is 0. The Kier molecular flexibility index (Phi) is 4.63. The molecule has 3 unspecified atom stereocenters. The quantitative estimate of drug-likeness (QED) is 0.923. The molecular formula is C18H29N3. The van der Waals surface area contributed by atoms with E-state index in [1.54, 1.807) is 0 Å². The van der Waals surface area contributed by atoms with Crippen molar-refractivity contribution < 1.29 is 0 Å². The maximum atomic E-state index is 6.45. The van der Waals surface area contributed by atoms with Gasteiger partial charge in [-0.2, -0.15) is 0 Å². The van der Waals surface area contributed by atoms with Crippen LogP contribution in [0.4, 0.5) is 0 Å². The standard InChI is InChI=1S/C18H29N3/c1-3-14-4-6-15(7-5-14)18(19)13-21-11-10-16-8-9-17(12-21)20(16)2/h4-7,16-18H,3,8-13,19H2,1-2H3. The average Bonchev–Trinajstić information content (AvgIpc) is 2.75. The van der Waals surface area contributed by atoms with Crippen LogP contribution in [0.15, 0.2) is 24.3 Å². The summed E-state index contributed by atoms with van der Waals surface area (Å²) in [6, 6.07) is 10.5. The molecule has 2 N–H and O–H groups in total. The highest BCUT2D eigenvalue weighted by molar-refractivity contribution is 5.25. The van der Waals surface area contributed by atoms with E-state index in [2.05, 4.69) is 48.0 Å². The number of nitrogens with two attached hydrogens (primary N) is 1. The molecule has 21 heavy (non-hydrogen) atoms. The molecule has 2 bridgehead atoms. The minimum atomic E-state index is 0.137. The van der Waals surface area contributed by atoms with Gasteiger partial charge in [-0.25, -0.2) is 0 Å². The van der Waals surface area contributed by atoms with E-state index in [0.29, 0.717) is 0 Å². The molecule has 3 nitrogen and oxygen atoms in total. The number of fused-ring (bicyclic) bond motifs is 2. The zero-order chi connectivity index (χ0) is 14.8. The number of hydrogen-bond donors (Lipinski definition) is 1. The maximum absolute atomic E-state index is 6.45. The zero-order valence-electron chi connectivity index (χ0n) is 13.5. The highest BCUT2D eigenvalue weighted by Crippen LogP contribution is 2.29. The molecule has 2 aliphatic rings. The van der Waals surface area contributed by atoms with Gasteiger partial charge in [-0.1, -0.05) is 31.2 Å². The van der Waals surface area contributed by atoms with Gasteiger partial charge in [0.1, 0.15) is 0 Å². The molecular weight excluding hydrogens is 258 g/mol. The average molecular weight is 287 g/mol. The third-order valence-corrected chi connectivity index (χ3v) is 5.50. The largest absolute Gasteiger partial charge is 0.323 e. The van der Waals surface area contributed by atoms with Gasteiger partial charge in [0.05, 0.1) is 0 Å². The van der Waals surface area contributed by atoms with Crippen LogP contribution in [-0.2, 0) is 6.42 Å². The van der Waals surface area contributed by atoms with E-state index >= 15 is 0 Å². The smallest absolute Gasteiger partial charge is 0.0424 e. The van der Waals surface area contributed by atoms with Gasteiger partial charge in [0.15, 0.2) is 0 Å². The molecule has 2 aliphatic heterocycles. The lowest BCUT2D eigenvalue weighted by molar-refractivity contribution is 0.212. The fourth-order valence-corrected chi connectivity index (χ4v) is 3.93. The molecule has 3 rings (SSSR count). The molecule has 0 amide bonds. The van der Waals surface area contributed by atoms with Gasteiger partial charge in [-0.05, 0) is 50.4 Å². The van der Waals surface area contributed by atoms with Crippen LogP contribution in [0.3, 0.4) is 0 Å². The highest BCUT2D eigenvalue weighted by Gasteiger charge is 2.34. The van der Waals surface area contributed by atoms with Crippen LogP contribution in [0.2, 0.25) is 0 Å². The number of aryl methyl sites for hydroxylation is 1. The molecule has 116 valence electrons. The molecule has 0 spiro atoms. The van der Waals surface area contributed by atoms with Crippen molar-refractivity contribution in [2.45, 2.75) is 50.7 Å². The first-order valence-corrected chi connectivity index (χ1v) is 8.46. The van der Waals surface area contributed by atoms with Gasteiger partial charge in [0.2, 0.25) is 0 Å². The van der Waals surface area contributed by atoms with Gasteiger partial charge in [-0.3, -0.25) is 9.80 Å². The van der Waals surface area contributed by atoms with Crippen molar-refractivity contribution in [3.63, 3.8) is 0 Å². The van der Waals surface area contributed by atoms with Crippen LogP contribution < -0.4 is 5.73 Å². The summed E-state index contributed by atoms with van der Waals surface area (Å²) in [6.45, 7) is 5.57. The summed E-state index contributed by atoms with van der Waals surface area (Å²) in [6.07, 6.45) is 5.14. The lowest BCUT2D eigenvalue weighted by atomic mass is 10.0. The molecule has 2 fully saturated rings. The van der Waals surface area contributed by atoms with E-state index in [-0.39, 0.29) is 6.04 Å². The van der Waals surface area contributed by atoms with Crippen LogP contribution in [0, 0.1) is 0 Å². The first-order chi connectivity index (χ1) is 10.2. The Morgan fingerprint density at radius 2 is 1.86 bits per heavy atom. The minimum Gasteiger partial charge on any atom is -0.323 e. The van der Waals surface area contributed by atoms with Gasteiger partial charge < -0.3 is 5.73 Å². The van der Waals surface area contributed by atoms with Crippen LogP contribution in [0.25, 0.3) is 0 Å². The third kappa shape index (κ3) is 3.31. The topological polar surface area (TPSA) is 32.5 Å². The Bertz CT molecular complexity index is 456. The van der Waals surface area contributed by atoms with E-state index in [4.69, 9.17) is 5.73 Å². The molecule has 3 heteroatoms. The predicted octanol–water partition coefficient (Wildman–Crippen LogP) is 2.42. The molecule has 0 radical (unpaired) electrons. The van der Waals surface area contributed by atoms with Crippen molar-refractivity contribution in [1.29, 1.82) is 0 Å². The minimum absolute atomic E-state index is 0.137. The van der Waals surface area contributed by atoms with E-state index < -0.39 is 0 Å². The lowest BCUT2D eigenvalue weighted by Gasteiger charge is -2.28. The molecule has 2 saturated heterocycles. The predicted molar refractivity (Wildman–Crippen MR) is 88.4 cm³/mol. The fourth-order valence-electron chi connectivity index (χ4n) is 3.93. The second-order valence-electron chi connectivity index (χ2n) is 6.80. The van der Waals surface area contributed by atoms with E-state index in [1.807, 2.05) is 0 Å². The first-order valence-electron chi connectivity index (χ1n) is 8.46. The third-order valence-electron chi connectivity index (χ3n) is 5.50. The Balaban J connectivity index is 1.60. The lowest BCUT2D eigenvalue weighted by Crippen LogP contribution is -2.39. The Morgan fingerprint density at radius 3 is 2.57 bits per heavy atom. The molecule has 2 heterocycles. The van der Waals surface area contributed by atoms with Gasteiger partial charge in [-0.15, -0.1) is 0 Å². The number of nitrogens with zero attached hydrogens (tertiary/aromatic N) is 2. The van der Waals surface area contributed by atoms with Crippen LogP contribution >= 0.6 is 0 Å². The van der Waals surface area contributed by atoms with Gasteiger partial charge in [0.25, 0.3) is 0 Å². The molecule has 0 aromatic heterocycles. The number of likely N-dealkylation sites (N-methyl/N-ethyl adjacent to an activating group) is 1. The maximum Gasteiger partial charge on any atom is 0.0424 e. The normalized spacial score (nSPS) is 28.5. The van der Waals surface area contributed by atoms with Crippen molar-refractivity contribution in [2.24, 2.45) is 5.73 Å². The van der Waals surface area contributed by atoms with Crippen molar-refractivity contribution in [1.82, 2.24) is 9.80 Å². The zero-order valence-corrected chi connectivity index (χ0v) is 13.5. The summed E-state index contributed by atoms with van der Waals surface area (Å²) >= 11 is 0. The number of likely N-dealkylation sites (tertiary alicyclic amines) is 1.